The highest BCUT2D eigenvalue weighted by atomic mass is 35.5. The number of hydrogen-bond donors (Lipinski definition) is 3. The van der Waals surface area contributed by atoms with Gasteiger partial charge in [0.15, 0.2) is 0 Å². The lowest BCUT2D eigenvalue weighted by molar-refractivity contribution is -0.269. The molecule has 1 heterocycles. The van der Waals surface area contributed by atoms with Crippen molar-refractivity contribution in [1.29, 1.82) is 0 Å². The van der Waals surface area contributed by atoms with Crippen molar-refractivity contribution in [2.24, 2.45) is 0 Å². The molecular weight excluding hydrogens is 554 g/mol. The molecule has 0 saturated carbocycles. The summed E-state index contributed by atoms with van der Waals surface area (Å²) in [5, 5.41) is 3.29. The molecule has 0 aliphatic carbocycles. The summed E-state index contributed by atoms with van der Waals surface area (Å²) in [6.45, 7) is 2.23. The maximum atomic E-state index is 14.4. The van der Waals surface area contributed by atoms with Crippen molar-refractivity contribution in [2.75, 3.05) is 6.61 Å². The summed E-state index contributed by atoms with van der Waals surface area (Å²) in [5.41, 5.74) is 2.44. The first-order chi connectivity index (χ1) is 17.6. The lowest BCUT2D eigenvalue weighted by Gasteiger charge is -2.29. The Balaban J connectivity index is 1.77. The summed E-state index contributed by atoms with van der Waals surface area (Å²) in [4.78, 5) is 22.9. The lowest BCUT2D eigenvalue weighted by atomic mass is 9.90. The van der Waals surface area contributed by atoms with E-state index in [2.05, 4.69) is 16.3 Å². The highest BCUT2D eigenvalue weighted by molar-refractivity contribution is 6.48. The molecule has 3 aromatic carbocycles. The van der Waals surface area contributed by atoms with Crippen LogP contribution in [0, 0.1) is 0 Å². The van der Waals surface area contributed by atoms with E-state index in [1.54, 1.807) is 31.2 Å². The van der Waals surface area contributed by atoms with Crippen LogP contribution in [0.3, 0.4) is 0 Å². The minimum Gasteiger partial charge on any atom is -0.327 e. The number of hydroxylamine groups is 2. The number of alkyl halides is 3. The first-order valence-corrected chi connectivity index (χ1v) is 12.0. The van der Waals surface area contributed by atoms with Crippen LogP contribution in [0.4, 0.5) is 13.2 Å². The van der Waals surface area contributed by atoms with Gasteiger partial charge in [-0.05, 0) is 42.0 Å². The highest BCUT2D eigenvalue weighted by Gasteiger charge is 2.60. The molecule has 1 atom stereocenters. The Morgan fingerprint density at radius 1 is 1.08 bits per heavy atom. The first-order valence-electron chi connectivity index (χ1n) is 10.8. The maximum Gasteiger partial charge on any atom is 0.428 e. The van der Waals surface area contributed by atoms with Crippen molar-refractivity contribution in [3.05, 3.63) is 98.8 Å². The van der Waals surface area contributed by atoms with E-state index in [1.165, 1.54) is 24.5 Å². The van der Waals surface area contributed by atoms with E-state index in [0.29, 0.717) is 28.5 Å². The number of carbonyl (C=O) groups is 1. The molecule has 1 aliphatic heterocycles. The molecule has 0 fully saturated rings. The Bertz CT molecular complexity index is 1390. The first kappa shape index (κ1) is 27.1. The number of fused-ring (bicyclic) bond motifs is 1. The van der Waals surface area contributed by atoms with Gasteiger partial charge in [0.1, 0.15) is 0 Å². The van der Waals surface area contributed by atoms with Gasteiger partial charge >= 0.3 is 6.18 Å². The average Bonchev–Trinajstić information content (AvgIpc) is 3.33. The predicted octanol–water partition coefficient (Wildman–Crippen LogP) is 6.88. The van der Waals surface area contributed by atoms with Gasteiger partial charge in [-0.3, -0.25) is 25.4 Å². The fourth-order valence-corrected chi connectivity index (χ4v) is 4.43. The van der Waals surface area contributed by atoms with E-state index in [-0.39, 0.29) is 26.3 Å². The van der Waals surface area contributed by atoms with Crippen LogP contribution in [0.2, 0.25) is 15.1 Å². The lowest BCUT2D eigenvalue weighted by Crippen LogP contribution is -2.42. The highest BCUT2D eigenvalue weighted by Crippen LogP contribution is 2.49. The fraction of sp³-hybridized carbons (Fsp3) is 0.160. The molecule has 194 valence electrons. The zero-order valence-corrected chi connectivity index (χ0v) is 21.3. The van der Waals surface area contributed by atoms with Crippen LogP contribution in [-0.2, 0) is 15.3 Å². The SMILES string of the molecule is CCON/C=C/NC(=O)c1ccc(C2=CC(c3cc(Cl)c(Cl)c(Cl)c3)(C(F)(F)F)ON2)c2ccccc12. The summed E-state index contributed by atoms with van der Waals surface area (Å²) in [6, 6.07) is 12.0. The van der Waals surface area contributed by atoms with E-state index in [9.17, 15) is 18.0 Å². The summed E-state index contributed by atoms with van der Waals surface area (Å²) >= 11 is 18.0. The van der Waals surface area contributed by atoms with E-state index in [1.807, 2.05) is 0 Å². The van der Waals surface area contributed by atoms with Gasteiger partial charge in [0.2, 0.25) is 5.60 Å². The monoisotopic (exact) mass is 571 g/mol. The van der Waals surface area contributed by atoms with Gasteiger partial charge in [0.05, 0.1) is 27.4 Å². The van der Waals surface area contributed by atoms with Crippen LogP contribution in [0.1, 0.15) is 28.4 Å². The summed E-state index contributed by atoms with van der Waals surface area (Å²) in [5.74, 6) is -0.419. The van der Waals surface area contributed by atoms with Crippen LogP contribution >= 0.6 is 34.8 Å². The van der Waals surface area contributed by atoms with Crippen LogP contribution in [0.15, 0.2) is 67.0 Å². The smallest absolute Gasteiger partial charge is 0.327 e. The van der Waals surface area contributed by atoms with E-state index in [4.69, 9.17) is 44.5 Å². The Morgan fingerprint density at radius 3 is 2.41 bits per heavy atom. The largest absolute Gasteiger partial charge is 0.428 e. The van der Waals surface area contributed by atoms with Crippen LogP contribution in [0.5, 0.6) is 0 Å². The molecule has 3 aromatic rings. The number of carbonyl (C=O) groups excluding carboxylic acids is 1. The third-order valence-corrected chi connectivity index (χ3v) is 6.75. The second kappa shape index (κ2) is 10.8. The Morgan fingerprint density at radius 2 is 1.76 bits per heavy atom. The Labute approximate surface area is 224 Å². The minimum atomic E-state index is -4.89. The van der Waals surface area contributed by atoms with Crippen molar-refractivity contribution in [2.45, 2.75) is 18.7 Å². The quantitative estimate of drug-likeness (QED) is 0.164. The molecule has 0 saturated heterocycles. The van der Waals surface area contributed by atoms with Crippen molar-refractivity contribution >= 4 is 57.2 Å². The molecule has 1 amide bonds. The van der Waals surface area contributed by atoms with E-state index >= 15 is 0 Å². The molecule has 1 aliphatic rings. The maximum absolute atomic E-state index is 14.4. The van der Waals surface area contributed by atoms with Gasteiger partial charge < -0.3 is 5.32 Å². The van der Waals surface area contributed by atoms with Gasteiger partial charge in [-0.25, -0.2) is 0 Å². The molecular formula is C25H19Cl3F3N3O3. The van der Waals surface area contributed by atoms with Gasteiger partial charge in [0.25, 0.3) is 5.91 Å². The van der Waals surface area contributed by atoms with Crippen molar-refractivity contribution in [3.8, 4) is 0 Å². The topological polar surface area (TPSA) is 71.6 Å². The van der Waals surface area contributed by atoms with Gasteiger partial charge in [0, 0.05) is 29.1 Å². The number of halogens is 6. The van der Waals surface area contributed by atoms with Crippen LogP contribution in [0.25, 0.3) is 16.5 Å². The molecule has 37 heavy (non-hydrogen) atoms. The third-order valence-electron chi connectivity index (χ3n) is 5.56. The minimum absolute atomic E-state index is 0.0449. The Kier molecular flexibility index (Phi) is 7.91. The normalized spacial score (nSPS) is 17.6. The predicted molar refractivity (Wildman–Crippen MR) is 137 cm³/mol. The summed E-state index contributed by atoms with van der Waals surface area (Å²) in [6.07, 6.45) is -1.20. The second-order valence-electron chi connectivity index (χ2n) is 7.81. The second-order valence-corrected chi connectivity index (χ2v) is 9.01. The molecule has 4 rings (SSSR count). The molecule has 6 nitrogen and oxygen atoms in total. The average molecular weight is 573 g/mol. The zero-order chi connectivity index (χ0) is 26.8. The molecule has 12 heteroatoms. The summed E-state index contributed by atoms with van der Waals surface area (Å²) in [7, 11) is 0. The molecule has 0 spiro atoms. The number of nitrogens with one attached hydrogen (secondary N) is 3. The fourth-order valence-electron chi connectivity index (χ4n) is 3.84. The summed E-state index contributed by atoms with van der Waals surface area (Å²) < 4.78 is 43.3. The molecule has 0 aromatic heterocycles. The Hall–Kier alpha value is -2.95. The van der Waals surface area contributed by atoms with Gasteiger partial charge in [-0.1, -0.05) is 65.1 Å². The van der Waals surface area contributed by atoms with Gasteiger partial charge in [-0.2, -0.15) is 13.2 Å². The van der Waals surface area contributed by atoms with Crippen molar-refractivity contribution < 1.29 is 27.6 Å². The van der Waals surface area contributed by atoms with Crippen LogP contribution < -0.4 is 16.3 Å². The van der Waals surface area contributed by atoms with E-state index in [0.717, 1.165) is 18.2 Å². The van der Waals surface area contributed by atoms with E-state index < -0.39 is 17.7 Å². The third kappa shape index (κ3) is 5.23. The van der Waals surface area contributed by atoms with Crippen molar-refractivity contribution in [3.63, 3.8) is 0 Å². The number of amides is 1. The number of benzene rings is 3. The molecule has 0 radical (unpaired) electrons. The molecule has 0 bridgehead atoms. The molecule has 3 N–H and O–H groups in total. The van der Waals surface area contributed by atoms with Crippen LogP contribution in [-0.4, -0.2) is 18.7 Å². The van der Waals surface area contributed by atoms with Crippen molar-refractivity contribution in [1.82, 2.24) is 16.3 Å². The number of rotatable bonds is 7. The molecule has 1 unspecified atom stereocenters. The number of hydrogen-bond acceptors (Lipinski definition) is 5. The standard InChI is InChI=1S/C25H19Cl3F3N3O3/c1-2-36-33-10-9-32-23(35)18-8-7-17(15-5-3-4-6-16(15)18)21-13-24(37-34-21,25(29,30)31)14-11-19(26)22(28)20(27)12-14/h3-13,33-34H,2H2,1H3,(H,32,35)/b10-9+. The van der Waals surface area contributed by atoms with Gasteiger partial charge in [-0.15, -0.1) is 0 Å². The zero-order valence-electron chi connectivity index (χ0n) is 19.1.